The molecule has 2 aromatic heterocycles. The van der Waals surface area contributed by atoms with Crippen LogP contribution in [0.2, 0.25) is 10.0 Å². The number of halogens is 2. The second kappa shape index (κ2) is 12.9. The first kappa shape index (κ1) is 29.7. The number of rotatable bonds is 7. The smallest absolute Gasteiger partial charge is 0.408 e. The van der Waals surface area contributed by atoms with Gasteiger partial charge in [0.1, 0.15) is 5.60 Å². The molecule has 2 aromatic carbocycles. The van der Waals surface area contributed by atoms with E-state index < -0.39 is 17.7 Å². The van der Waals surface area contributed by atoms with E-state index in [1.54, 1.807) is 81.4 Å². The summed E-state index contributed by atoms with van der Waals surface area (Å²) >= 11 is 12.9. The maximum absolute atomic E-state index is 13.1. The van der Waals surface area contributed by atoms with Gasteiger partial charge in [0.05, 0.1) is 42.4 Å². The molecule has 1 N–H and O–H groups in total. The number of carbonyl (C=O) groups excluding carboxylic acids is 2. The Morgan fingerprint density at radius 2 is 1.85 bits per heavy atom. The molecule has 9 nitrogen and oxygen atoms in total. The summed E-state index contributed by atoms with van der Waals surface area (Å²) < 4.78 is 14.0. The van der Waals surface area contributed by atoms with Crippen molar-refractivity contribution in [1.29, 1.82) is 0 Å². The van der Waals surface area contributed by atoms with Gasteiger partial charge >= 0.3 is 12.1 Å². The maximum atomic E-state index is 13.1. The van der Waals surface area contributed by atoms with Gasteiger partial charge < -0.3 is 19.4 Å². The van der Waals surface area contributed by atoms with Gasteiger partial charge in [-0.15, -0.1) is 0 Å². The number of nitrogens with zero attached hydrogens (tertiary/aromatic N) is 4. The maximum Gasteiger partial charge on any atom is 0.408 e. The SMILES string of the molecule is CCOC(=O)c1nn(-c2ccc(C#CCNC(=O)OC(C)(C)C)cc2Cl)c(-c2ccc(Cl)cc2)c1Cn1ccnc1. The van der Waals surface area contributed by atoms with Crippen LogP contribution in [0.4, 0.5) is 4.79 Å². The van der Waals surface area contributed by atoms with Crippen LogP contribution >= 0.6 is 23.2 Å². The van der Waals surface area contributed by atoms with Crippen LogP contribution in [0.3, 0.4) is 0 Å². The zero-order chi connectivity index (χ0) is 29.6. The van der Waals surface area contributed by atoms with Gasteiger partial charge in [0.25, 0.3) is 0 Å². The summed E-state index contributed by atoms with van der Waals surface area (Å²) in [6.07, 6.45) is 4.58. The van der Waals surface area contributed by atoms with Crippen molar-refractivity contribution in [3.8, 4) is 28.8 Å². The fraction of sp³-hybridized carbons (Fsp3) is 0.267. The molecule has 0 unspecified atom stereocenters. The van der Waals surface area contributed by atoms with E-state index in [0.29, 0.717) is 39.1 Å². The first-order valence-corrected chi connectivity index (χ1v) is 13.6. The average molecular weight is 594 g/mol. The summed E-state index contributed by atoms with van der Waals surface area (Å²) in [6.45, 7) is 7.72. The number of nitrogens with one attached hydrogen (secondary N) is 1. The first-order valence-electron chi connectivity index (χ1n) is 12.8. The normalized spacial score (nSPS) is 11.0. The van der Waals surface area contributed by atoms with Crippen LogP contribution < -0.4 is 5.32 Å². The van der Waals surface area contributed by atoms with E-state index in [1.165, 1.54) is 0 Å². The fourth-order valence-electron chi connectivity index (χ4n) is 3.94. The van der Waals surface area contributed by atoms with Crippen LogP contribution in [0, 0.1) is 11.8 Å². The number of ether oxygens (including phenoxy) is 2. The number of hydrogen-bond donors (Lipinski definition) is 1. The summed E-state index contributed by atoms with van der Waals surface area (Å²) in [6, 6.07) is 12.5. The number of aromatic nitrogens is 4. The van der Waals surface area contributed by atoms with E-state index in [-0.39, 0.29) is 18.8 Å². The molecule has 0 aliphatic heterocycles. The zero-order valence-electron chi connectivity index (χ0n) is 23.1. The van der Waals surface area contributed by atoms with Crippen LogP contribution in [0.5, 0.6) is 0 Å². The van der Waals surface area contributed by atoms with Gasteiger partial charge in [-0.05, 0) is 58.0 Å². The molecule has 0 spiro atoms. The van der Waals surface area contributed by atoms with Crippen LogP contribution in [-0.2, 0) is 16.0 Å². The Morgan fingerprint density at radius 3 is 2.49 bits per heavy atom. The van der Waals surface area contributed by atoms with Gasteiger partial charge in [-0.2, -0.15) is 5.10 Å². The van der Waals surface area contributed by atoms with Crippen LogP contribution in [0.25, 0.3) is 16.9 Å². The Hall–Kier alpha value is -4.26. The predicted octanol–water partition coefficient (Wildman–Crippen LogP) is 6.14. The standard InChI is InChI=1S/C30H29Cl2N5O4/c1-5-40-28(38)26-23(18-36-16-15-33-19-36)27(21-9-11-22(31)12-10-21)37(35-26)25-13-8-20(17-24(25)32)7-6-14-34-29(39)41-30(2,3)4/h8-13,15-17,19H,5,14,18H2,1-4H3,(H,34,39). The monoisotopic (exact) mass is 593 g/mol. The molecule has 41 heavy (non-hydrogen) atoms. The lowest BCUT2D eigenvalue weighted by Gasteiger charge is -2.19. The fourth-order valence-corrected chi connectivity index (χ4v) is 4.32. The lowest BCUT2D eigenvalue weighted by molar-refractivity contribution is 0.0512. The van der Waals surface area contributed by atoms with E-state index in [4.69, 9.17) is 32.7 Å². The van der Waals surface area contributed by atoms with Crippen molar-refractivity contribution in [2.24, 2.45) is 0 Å². The molecule has 1 amide bonds. The van der Waals surface area contributed by atoms with Crippen molar-refractivity contribution in [3.05, 3.63) is 88.1 Å². The molecule has 0 fully saturated rings. The van der Waals surface area contributed by atoms with Gasteiger partial charge in [-0.3, -0.25) is 0 Å². The molecule has 0 atom stereocenters. The third-order valence-corrected chi connectivity index (χ3v) is 6.15. The van der Waals surface area contributed by atoms with Gasteiger partial charge in [0, 0.05) is 34.1 Å². The molecular formula is C30H29Cl2N5O4. The highest BCUT2D eigenvalue weighted by Gasteiger charge is 2.27. The second-order valence-corrected chi connectivity index (χ2v) is 10.7. The molecule has 4 aromatic rings. The number of imidazole rings is 1. The summed E-state index contributed by atoms with van der Waals surface area (Å²) in [4.78, 5) is 29.0. The molecular weight excluding hydrogens is 565 g/mol. The van der Waals surface area contributed by atoms with Crippen molar-refractivity contribution in [1.82, 2.24) is 24.6 Å². The van der Waals surface area contributed by atoms with Crippen molar-refractivity contribution in [2.45, 2.75) is 39.8 Å². The number of benzene rings is 2. The molecule has 4 rings (SSSR count). The number of hydrogen-bond acceptors (Lipinski definition) is 6. The van der Waals surface area contributed by atoms with Crippen LogP contribution in [0.15, 0.2) is 61.2 Å². The number of alkyl carbamates (subject to hydrolysis) is 1. The van der Waals surface area contributed by atoms with E-state index >= 15 is 0 Å². The quantitative estimate of drug-likeness (QED) is 0.204. The van der Waals surface area contributed by atoms with Crippen molar-refractivity contribution >= 4 is 35.3 Å². The van der Waals surface area contributed by atoms with Crippen molar-refractivity contribution < 1.29 is 19.1 Å². The first-order chi connectivity index (χ1) is 19.6. The molecule has 0 saturated carbocycles. The minimum Gasteiger partial charge on any atom is -0.461 e. The summed E-state index contributed by atoms with van der Waals surface area (Å²) in [5.74, 6) is 5.32. The van der Waals surface area contributed by atoms with Gasteiger partial charge in [-0.25, -0.2) is 19.3 Å². The third-order valence-electron chi connectivity index (χ3n) is 5.60. The van der Waals surface area contributed by atoms with E-state index in [1.807, 2.05) is 16.7 Å². The minimum atomic E-state index is -0.593. The summed E-state index contributed by atoms with van der Waals surface area (Å²) in [5, 5.41) is 8.22. The van der Waals surface area contributed by atoms with Gasteiger partial charge in [-0.1, -0.05) is 47.2 Å². The Bertz CT molecular complexity index is 1590. The van der Waals surface area contributed by atoms with E-state index in [9.17, 15) is 9.59 Å². The van der Waals surface area contributed by atoms with Gasteiger partial charge in [0.15, 0.2) is 5.69 Å². The number of carbonyl (C=O) groups is 2. The van der Waals surface area contributed by atoms with Crippen molar-refractivity contribution in [3.63, 3.8) is 0 Å². The molecule has 11 heteroatoms. The van der Waals surface area contributed by atoms with Gasteiger partial charge in [0.2, 0.25) is 0 Å². The Morgan fingerprint density at radius 1 is 1.10 bits per heavy atom. The Labute approximate surface area is 248 Å². The van der Waals surface area contributed by atoms with Crippen LogP contribution in [-0.4, -0.2) is 50.1 Å². The summed E-state index contributed by atoms with van der Waals surface area (Å²) in [7, 11) is 0. The highest BCUT2D eigenvalue weighted by molar-refractivity contribution is 6.32. The molecule has 212 valence electrons. The third kappa shape index (κ3) is 7.69. The lowest BCUT2D eigenvalue weighted by atomic mass is 10.0. The Kier molecular flexibility index (Phi) is 9.38. The second-order valence-electron chi connectivity index (χ2n) is 9.87. The van der Waals surface area contributed by atoms with Crippen LogP contribution in [0.1, 0.15) is 49.3 Å². The number of esters is 1. The molecule has 2 heterocycles. The summed E-state index contributed by atoms with van der Waals surface area (Å²) in [5.41, 5.74) is 2.81. The highest BCUT2D eigenvalue weighted by atomic mass is 35.5. The highest BCUT2D eigenvalue weighted by Crippen LogP contribution is 2.34. The number of amides is 1. The largest absolute Gasteiger partial charge is 0.461 e. The topological polar surface area (TPSA) is 100 Å². The molecule has 0 bridgehead atoms. The van der Waals surface area contributed by atoms with E-state index in [0.717, 1.165) is 5.56 Å². The lowest BCUT2D eigenvalue weighted by Crippen LogP contribution is -2.32. The zero-order valence-corrected chi connectivity index (χ0v) is 24.6. The Balaban J connectivity index is 1.73. The van der Waals surface area contributed by atoms with E-state index in [2.05, 4.69) is 27.2 Å². The predicted molar refractivity (Wildman–Crippen MR) is 157 cm³/mol. The molecule has 0 aliphatic carbocycles. The van der Waals surface area contributed by atoms with Crippen molar-refractivity contribution in [2.75, 3.05) is 13.2 Å². The average Bonchev–Trinajstić information content (AvgIpc) is 3.55. The minimum absolute atomic E-state index is 0.106. The molecule has 0 radical (unpaired) electrons. The molecule has 0 aliphatic rings. The molecule has 0 saturated heterocycles.